The molecule has 64 valence electrons. The summed E-state index contributed by atoms with van der Waals surface area (Å²) in [7, 11) is 0. The number of hydrogen-bond acceptors (Lipinski definition) is 1. The van der Waals surface area contributed by atoms with Crippen molar-refractivity contribution in [3.63, 3.8) is 0 Å². The SMILES string of the molecule is C#CC1CCC(C(=C)C)CC1=O. The van der Waals surface area contributed by atoms with Crippen LogP contribution in [-0.2, 0) is 4.79 Å². The average molecular weight is 162 g/mol. The number of allylic oxidation sites excluding steroid dienone is 1. The maximum Gasteiger partial charge on any atom is 0.148 e. The average Bonchev–Trinajstić information content (AvgIpc) is 2.04. The molecule has 1 aliphatic rings. The molecule has 0 N–H and O–H groups in total. The second kappa shape index (κ2) is 3.58. The van der Waals surface area contributed by atoms with Gasteiger partial charge >= 0.3 is 0 Å². The van der Waals surface area contributed by atoms with Gasteiger partial charge in [0, 0.05) is 6.42 Å². The number of carbonyl (C=O) groups excluding carboxylic acids is 1. The zero-order valence-electron chi connectivity index (χ0n) is 7.47. The van der Waals surface area contributed by atoms with E-state index in [1.165, 1.54) is 0 Å². The van der Waals surface area contributed by atoms with Crippen molar-refractivity contribution in [1.29, 1.82) is 0 Å². The monoisotopic (exact) mass is 162 g/mol. The number of terminal acetylenes is 1. The smallest absolute Gasteiger partial charge is 0.148 e. The second-order valence-electron chi connectivity index (χ2n) is 3.51. The van der Waals surface area contributed by atoms with E-state index in [4.69, 9.17) is 6.42 Å². The van der Waals surface area contributed by atoms with Gasteiger partial charge in [-0.25, -0.2) is 0 Å². The van der Waals surface area contributed by atoms with E-state index >= 15 is 0 Å². The number of ketones is 1. The van der Waals surface area contributed by atoms with Gasteiger partial charge in [0.1, 0.15) is 5.78 Å². The van der Waals surface area contributed by atoms with Crippen molar-refractivity contribution in [2.24, 2.45) is 11.8 Å². The summed E-state index contributed by atoms with van der Waals surface area (Å²) >= 11 is 0. The predicted molar refractivity (Wildman–Crippen MR) is 49.5 cm³/mol. The fourth-order valence-corrected chi connectivity index (χ4v) is 1.61. The summed E-state index contributed by atoms with van der Waals surface area (Å²) in [6, 6.07) is 0. The molecule has 1 saturated carbocycles. The summed E-state index contributed by atoms with van der Waals surface area (Å²) in [5, 5.41) is 0. The van der Waals surface area contributed by atoms with Crippen LogP contribution >= 0.6 is 0 Å². The summed E-state index contributed by atoms with van der Waals surface area (Å²) in [4.78, 5) is 11.4. The number of Topliss-reactive ketones (excluding diaryl/α,β-unsaturated/α-hetero) is 1. The zero-order valence-corrected chi connectivity index (χ0v) is 7.47. The second-order valence-corrected chi connectivity index (χ2v) is 3.51. The van der Waals surface area contributed by atoms with Crippen molar-refractivity contribution in [3.05, 3.63) is 12.2 Å². The minimum atomic E-state index is -0.124. The van der Waals surface area contributed by atoms with Crippen LogP contribution in [0.3, 0.4) is 0 Å². The molecule has 0 spiro atoms. The highest BCUT2D eigenvalue weighted by molar-refractivity contribution is 5.84. The molecule has 0 amide bonds. The van der Waals surface area contributed by atoms with Crippen LogP contribution in [0.25, 0.3) is 0 Å². The van der Waals surface area contributed by atoms with Crippen LogP contribution in [0, 0.1) is 24.2 Å². The van der Waals surface area contributed by atoms with Gasteiger partial charge in [-0.3, -0.25) is 4.79 Å². The van der Waals surface area contributed by atoms with Gasteiger partial charge in [-0.15, -0.1) is 6.42 Å². The molecule has 2 unspecified atom stereocenters. The van der Waals surface area contributed by atoms with Crippen LogP contribution in [0.2, 0.25) is 0 Å². The Morgan fingerprint density at radius 2 is 2.33 bits per heavy atom. The van der Waals surface area contributed by atoms with Crippen LogP contribution in [0.1, 0.15) is 26.2 Å². The van der Waals surface area contributed by atoms with E-state index in [2.05, 4.69) is 12.5 Å². The molecule has 1 nitrogen and oxygen atoms in total. The van der Waals surface area contributed by atoms with Gasteiger partial charge in [0.25, 0.3) is 0 Å². The standard InChI is InChI=1S/C11H14O/c1-4-9-5-6-10(8(2)3)7-11(9)12/h1,9-10H,2,5-7H2,3H3. The zero-order chi connectivity index (χ0) is 9.14. The lowest BCUT2D eigenvalue weighted by Gasteiger charge is -2.24. The maximum absolute atomic E-state index is 11.4. The molecule has 0 radical (unpaired) electrons. The van der Waals surface area contributed by atoms with Crippen molar-refractivity contribution in [2.75, 3.05) is 0 Å². The van der Waals surface area contributed by atoms with Crippen LogP contribution < -0.4 is 0 Å². The summed E-state index contributed by atoms with van der Waals surface area (Å²) in [6.07, 6.45) is 7.69. The summed E-state index contributed by atoms with van der Waals surface area (Å²) in [6.45, 7) is 5.84. The van der Waals surface area contributed by atoms with E-state index in [9.17, 15) is 4.79 Å². The van der Waals surface area contributed by atoms with E-state index in [0.717, 1.165) is 18.4 Å². The molecular formula is C11H14O. The summed E-state index contributed by atoms with van der Waals surface area (Å²) in [5.74, 6) is 3.01. The van der Waals surface area contributed by atoms with Gasteiger partial charge in [-0.2, -0.15) is 0 Å². The fourth-order valence-electron chi connectivity index (χ4n) is 1.61. The number of rotatable bonds is 1. The van der Waals surface area contributed by atoms with Crippen molar-refractivity contribution in [3.8, 4) is 12.3 Å². The predicted octanol–water partition coefficient (Wildman–Crippen LogP) is 2.18. The van der Waals surface area contributed by atoms with Crippen LogP contribution in [-0.4, -0.2) is 5.78 Å². The Kier molecular flexibility index (Phi) is 2.70. The lowest BCUT2D eigenvalue weighted by atomic mass is 9.79. The molecular weight excluding hydrogens is 148 g/mol. The Morgan fingerprint density at radius 3 is 2.75 bits per heavy atom. The minimum absolute atomic E-state index is 0.124. The third-order valence-electron chi connectivity index (χ3n) is 2.54. The lowest BCUT2D eigenvalue weighted by molar-refractivity contribution is -0.123. The van der Waals surface area contributed by atoms with E-state index in [1.54, 1.807) is 0 Å². The van der Waals surface area contributed by atoms with Crippen molar-refractivity contribution >= 4 is 5.78 Å². The molecule has 0 aromatic rings. The first-order valence-electron chi connectivity index (χ1n) is 4.29. The van der Waals surface area contributed by atoms with Gasteiger partial charge in [-0.05, 0) is 25.7 Å². The van der Waals surface area contributed by atoms with Crippen molar-refractivity contribution in [1.82, 2.24) is 0 Å². The van der Waals surface area contributed by atoms with Gasteiger partial charge < -0.3 is 0 Å². The number of carbonyl (C=O) groups is 1. The van der Waals surface area contributed by atoms with Crippen LogP contribution in [0.5, 0.6) is 0 Å². The highest BCUT2D eigenvalue weighted by atomic mass is 16.1. The first kappa shape index (κ1) is 9.06. The highest BCUT2D eigenvalue weighted by Gasteiger charge is 2.26. The topological polar surface area (TPSA) is 17.1 Å². The van der Waals surface area contributed by atoms with Crippen LogP contribution in [0.4, 0.5) is 0 Å². The fraction of sp³-hybridized carbons (Fsp3) is 0.545. The summed E-state index contributed by atoms with van der Waals surface area (Å²) in [5.41, 5.74) is 1.11. The molecule has 0 bridgehead atoms. The summed E-state index contributed by atoms with van der Waals surface area (Å²) < 4.78 is 0. The Hall–Kier alpha value is -1.03. The molecule has 0 saturated heterocycles. The van der Waals surface area contributed by atoms with Gasteiger partial charge in [0.15, 0.2) is 0 Å². The first-order chi connectivity index (χ1) is 5.65. The molecule has 1 rings (SSSR count). The highest BCUT2D eigenvalue weighted by Crippen LogP contribution is 2.29. The quantitative estimate of drug-likeness (QED) is 0.426. The van der Waals surface area contributed by atoms with Gasteiger partial charge in [-0.1, -0.05) is 18.1 Å². The van der Waals surface area contributed by atoms with E-state index < -0.39 is 0 Å². The Morgan fingerprint density at radius 1 is 1.67 bits per heavy atom. The normalized spacial score (nSPS) is 29.5. The van der Waals surface area contributed by atoms with Gasteiger partial charge in [0.2, 0.25) is 0 Å². The third-order valence-corrected chi connectivity index (χ3v) is 2.54. The number of hydrogen-bond donors (Lipinski definition) is 0. The lowest BCUT2D eigenvalue weighted by Crippen LogP contribution is -2.24. The Labute approximate surface area is 73.9 Å². The molecule has 2 atom stereocenters. The Bertz CT molecular complexity index is 244. The van der Waals surface area contributed by atoms with E-state index in [1.807, 2.05) is 6.92 Å². The van der Waals surface area contributed by atoms with E-state index in [-0.39, 0.29) is 11.7 Å². The molecule has 0 heterocycles. The van der Waals surface area contributed by atoms with Gasteiger partial charge in [0.05, 0.1) is 5.92 Å². The molecule has 0 aromatic carbocycles. The molecule has 1 aliphatic carbocycles. The molecule has 12 heavy (non-hydrogen) atoms. The Balaban J connectivity index is 2.59. The largest absolute Gasteiger partial charge is 0.298 e. The van der Waals surface area contributed by atoms with Crippen molar-refractivity contribution < 1.29 is 4.79 Å². The molecule has 1 fully saturated rings. The van der Waals surface area contributed by atoms with E-state index in [0.29, 0.717) is 12.3 Å². The van der Waals surface area contributed by atoms with Crippen molar-refractivity contribution in [2.45, 2.75) is 26.2 Å². The first-order valence-corrected chi connectivity index (χ1v) is 4.29. The van der Waals surface area contributed by atoms with Crippen LogP contribution in [0.15, 0.2) is 12.2 Å². The molecule has 1 heteroatoms. The third kappa shape index (κ3) is 1.76. The minimum Gasteiger partial charge on any atom is -0.298 e. The molecule has 0 aromatic heterocycles. The molecule has 0 aliphatic heterocycles. The maximum atomic E-state index is 11.4.